The number of hydrogen-bond donors (Lipinski definition) is 2. The van der Waals surface area contributed by atoms with Crippen LogP contribution in [0.5, 0.6) is 5.75 Å². The molecule has 64 valence electrons. The van der Waals surface area contributed by atoms with E-state index in [9.17, 15) is 0 Å². The maximum absolute atomic E-state index is 9.04. The molecular formula is C6H9BaO2PS2. The zero-order valence-corrected chi connectivity index (χ0v) is 8.15. The summed E-state index contributed by atoms with van der Waals surface area (Å²) in [5.74, 6) is 0.549. The van der Waals surface area contributed by atoms with Crippen molar-refractivity contribution < 1.29 is 9.42 Å². The van der Waals surface area contributed by atoms with Crippen LogP contribution in [0.15, 0.2) is 30.3 Å². The Morgan fingerprint density at radius 1 is 1.33 bits per heavy atom. The quantitative estimate of drug-likeness (QED) is 0.481. The molecule has 0 aliphatic rings. The summed E-state index contributed by atoms with van der Waals surface area (Å²) in [5, 5.41) is 0. The van der Waals surface area contributed by atoms with Gasteiger partial charge in [0, 0.05) is 0 Å². The van der Waals surface area contributed by atoms with Gasteiger partial charge in [-0.3, -0.25) is 0 Å². The fourth-order valence-electron chi connectivity index (χ4n) is 0.619. The molecule has 0 aliphatic carbocycles. The van der Waals surface area contributed by atoms with E-state index in [-0.39, 0.29) is 48.9 Å². The molecule has 1 aromatic rings. The van der Waals surface area contributed by atoms with Gasteiger partial charge in [-0.1, -0.05) is 30.4 Å². The molecule has 0 amide bonds. The molecule has 6 heteroatoms. The average molecular weight is 346 g/mol. The molecule has 0 saturated heterocycles. The Morgan fingerprint density at radius 3 is 2.25 bits per heavy atom. The van der Waals surface area contributed by atoms with Crippen molar-refractivity contribution in [2.24, 2.45) is 0 Å². The Balaban J connectivity index is 0.00000121. The fourth-order valence-corrected chi connectivity index (χ4v) is 1.56. The molecule has 0 heterocycles. The zero-order chi connectivity index (χ0) is 8.32. The summed E-state index contributed by atoms with van der Waals surface area (Å²) in [5.41, 5.74) is -2.86. The van der Waals surface area contributed by atoms with E-state index >= 15 is 0 Å². The van der Waals surface area contributed by atoms with Gasteiger partial charge in [0.05, 0.1) is 0 Å². The molecule has 1 rings (SSSR count). The van der Waals surface area contributed by atoms with E-state index in [4.69, 9.17) is 9.42 Å². The van der Waals surface area contributed by atoms with Gasteiger partial charge in [0.2, 0.25) is 0 Å². The Labute approximate surface area is 122 Å². The molecule has 0 spiro atoms. The molecule has 12 heavy (non-hydrogen) atoms. The first kappa shape index (κ1) is 13.6. The molecule has 1 unspecified atom stereocenters. The standard InChI is InChI=1S/C6H7O2PS2.Ba.2H/c7-9(10,11)8-6-4-2-1-3-5-6;;;/h1-5H,(H2,7,10,11);;;. The summed E-state index contributed by atoms with van der Waals surface area (Å²) in [6.07, 6.45) is 0. The van der Waals surface area contributed by atoms with Crippen molar-refractivity contribution in [1.82, 2.24) is 0 Å². The van der Waals surface area contributed by atoms with Crippen LogP contribution in [0.2, 0.25) is 0 Å². The van der Waals surface area contributed by atoms with Gasteiger partial charge in [0.25, 0.3) is 5.69 Å². The van der Waals surface area contributed by atoms with Gasteiger partial charge >= 0.3 is 48.9 Å². The Hall–Kier alpha value is 1.55. The van der Waals surface area contributed by atoms with E-state index < -0.39 is 5.69 Å². The zero-order valence-electron chi connectivity index (χ0n) is 5.54. The second-order valence-electron chi connectivity index (χ2n) is 1.89. The monoisotopic (exact) mass is 346 g/mol. The second kappa shape index (κ2) is 6.11. The predicted octanol–water partition coefficient (Wildman–Crippen LogP) is 1.30. The normalized spacial score (nSPS) is 14.2. The molecule has 0 fully saturated rings. The van der Waals surface area contributed by atoms with E-state index in [1.807, 2.05) is 6.07 Å². The average Bonchev–Trinajstić information content (AvgIpc) is 1.85. The predicted molar refractivity (Wildman–Crippen MR) is 61.1 cm³/mol. The second-order valence-corrected chi connectivity index (χ2v) is 6.98. The Kier molecular flexibility index (Phi) is 6.90. The third-order valence-electron chi connectivity index (χ3n) is 0.968. The van der Waals surface area contributed by atoms with Gasteiger partial charge < -0.3 is 9.42 Å². The minimum atomic E-state index is -2.86. The first-order chi connectivity index (χ1) is 5.08. The molecule has 1 N–H and O–H groups in total. The topological polar surface area (TPSA) is 29.5 Å². The van der Waals surface area contributed by atoms with Gasteiger partial charge in [-0.15, -0.1) is 0 Å². The number of rotatable bonds is 2. The molecule has 0 bridgehead atoms. The minimum absolute atomic E-state index is 0. The van der Waals surface area contributed by atoms with Crippen molar-refractivity contribution in [3.63, 3.8) is 0 Å². The molecule has 2 nitrogen and oxygen atoms in total. The number of benzene rings is 1. The molecular weight excluding hydrogens is 336 g/mol. The molecule has 0 saturated carbocycles. The molecule has 1 aromatic carbocycles. The summed E-state index contributed by atoms with van der Waals surface area (Å²) in [6, 6.07) is 8.88. The number of para-hydroxylation sites is 1. The third-order valence-corrected chi connectivity index (χ3v) is 1.88. The van der Waals surface area contributed by atoms with Crippen molar-refractivity contribution in [2.45, 2.75) is 0 Å². The van der Waals surface area contributed by atoms with Crippen LogP contribution >= 0.6 is 17.9 Å². The van der Waals surface area contributed by atoms with E-state index in [0.29, 0.717) is 5.75 Å². The summed E-state index contributed by atoms with van der Waals surface area (Å²) in [7, 11) is 0. The van der Waals surface area contributed by atoms with Crippen LogP contribution in [0.3, 0.4) is 0 Å². The molecule has 0 aliphatic heterocycles. The van der Waals surface area contributed by atoms with E-state index in [1.54, 1.807) is 24.3 Å². The van der Waals surface area contributed by atoms with Crippen LogP contribution in [0.1, 0.15) is 0 Å². The van der Waals surface area contributed by atoms with Gasteiger partial charge in [0.15, 0.2) is 0 Å². The number of thiol groups is 1. The maximum atomic E-state index is 9.04. The van der Waals surface area contributed by atoms with Crippen molar-refractivity contribution in [2.75, 3.05) is 0 Å². The summed E-state index contributed by atoms with van der Waals surface area (Å²) in [4.78, 5) is 9.04. The van der Waals surface area contributed by atoms with Crippen LogP contribution in [-0.4, -0.2) is 53.8 Å². The van der Waals surface area contributed by atoms with Gasteiger partial charge in [-0.25, -0.2) is 0 Å². The van der Waals surface area contributed by atoms with Crippen LogP contribution < -0.4 is 4.52 Å². The first-order valence-electron chi connectivity index (χ1n) is 2.88. The third kappa shape index (κ3) is 6.07. The van der Waals surface area contributed by atoms with Gasteiger partial charge in [-0.2, -0.15) is 0 Å². The van der Waals surface area contributed by atoms with Crippen LogP contribution in [0, 0.1) is 0 Å². The molecule has 0 aromatic heterocycles. The van der Waals surface area contributed by atoms with Crippen molar-refractivity contribution in [3.8, 4) is 5.75 Å². The number of hydrogen-bond acceptors (Lipinski definition) is 2. The van der Waals surface area contributed by atoms with Crippen LogP contribution in [0.4, 0.5) is 0 Å². The van der Waals surface area contributed by atoms with E-state index in [2.05, 4.69) is 24.1 Å². The van der Waals surface area contributed by atoms with Crippen LogP contribution in [0.25, 0.3) is 0 Å². The van der Waals surface area contributed by atoms with Crippen LogP contribution in [-0.2, 0) is 11.8 Å². The van der Waals surface area contributed by atoms with Crippen molar-refractivity contribution >= 4 is 78.6 Å². The Morgan fingerprint density at radius 2 is 1.83 bits per heavy atom. The summed E-state index contributed by atoms with van der Waals surface area (Å²) < 4.78 is 4.95. The molecule has 1 atom stereocenters. The van der Waals surface area contributed by atoms with E-state index in [0.717, 1.165) is 0 Å². The SMILES string of the molecule is OP(=S)(S)Oc1ccccc1.[BaH2]. The van der Waals surface area contributed by atoms with Gasteiger partial charge in [0.1, 0.15) is 5.75 Å². The summed E-state index contributed by atoms with van der Waals surface area (Å²) in [6.45, 7) is 0. The fraction of sp³-hybridized carbons (Fsp3) is 0. The van der Waals surface area contributed by atoms with Crippen molar-refractivity contribution in [1.29, 1.82) is 0 Å². The van der Waals surface area contributed by atoms with Crippen molar-refractivity contribution in [3.05, 3.63) is 30.3 Å². The summed E-state index contributed by atoms with van der Waals surface area (Å²) >= 11 is 8.30. The first-order valence-corrected chi connectivity index (χ1v) is 6.71. The van der Waals surface area contributed by atoms with E-state index in [1.165, 1.54) is 0 Å². The molecule has 0 radical (unpaired) electrons. The van der Waals surface area contributed by atoms with Gasteiger partial charge in [-0.05, 0) is 23.9 Å². The Bertz CT molecular complexity index is 274.